The van der Waals surface area contributed by atoms with Crippen LogP contribution in [0.4, 0.5) is 4.79 Å². The van der Waals surface area contributed by atoms with E-state index in [4.69, 9.17) is 10.5 Å². The van der Waals surface area contributed by atoms with E-state index in [1.807, 2.05) is 11.9 Å². The summed E-state index contributed by atoms with van der Waals surface area (Å²) >= 11 is 0. The lowest BCUT2D eigenvalue weighted by Gasteiger charge is -2.31. The molecule has 1 amide bonds. The SMILES string of the molecule is CC1=CC(=O)C2C(COC(N)=O)=C3[C@@H]4[C@H](CN3C2C1=O)N4C. The van der Waals surface area contributed by atoms with Crippen LogP contribution in [-0.4, -0.2) is 65.8 Å². The van der Waals surface area contributed by atoms with Gasteiger partial charge in [0.15, 0.2) is 11.6 Å². The van der Waals surface area contributed by atoms with Crippen LogP contribution in [0, 0.1) is 5.92 Å². The van der Waals surface area contributed by atoms with E-state index in [1.165, 1.54) is 6.08 Å². The number of ether oxygens (including phenoxy) is 1. The van der Waals surface area contributed by atoms with Gasteiger partial charge >= 0.3 is 6.09 Å². The Morgan fingerprint density at radius 1 is 1.41 bits per heavy atom. The van der Waals surface area contributed by atoms with Crippen molar-refractivity contribution in [1.29, 1.82) is 0 Å². The number of hydrogen-bond donors (Lipinski definition) is 1. The number of carbonyl (C=O) groups excluding carboxylic acids is 3. The molecule has 2 saturated heterocycles. The van der Waals surface area contributed by atoms with Gasteiger partial charge in [0.2, 0.25) is 0 Å². The Morgan fingerprint density at radius 2 is 2.14 bits per heavy atom. The number of allylic oxidation sites excluding steroid dienone is 1. The van der Waals surface area contributed by atoms with E-state index in [-0.39, 0.29) is 24.2 Å². The second kappa shape index (κ2) is 4.19. The van der Waals surface area contributed by atoms with E-state index in [1.54, 1.807) is 6.92 Å². The highest BCUT2D eigenvalue weighted by atomic mass is 16.5. The van der Waals surface area contributed by atoms with Gasteiger partial charge in [-0.1, -0.05) is 0 Å². The summed E-state index contributed by atoms with van der Waals surface area (Å²) in [5, 5.41) is 0. The molecular formula is C15H17N3O4. The number of nitrogens with zero attached hydrogens (tertiary/aromatic N) is 2. The Kier molecular flexibility index (Phi) is 2.57. The van der Waals surface area contributed by atoms with Gasteiger partial charge in [-0.05, 0) is 25.6 Å². The maximum atomic E-state index is 12.5. The van der Waals surface area contributed by atoms with Crippen molar-refractivity contribution in [3.8, 4) is 0 Å². The fraction of sp³-hybridized carbons (Fsp3) is 0.533. The third kappa shape index (κ3) is 1.57. The lowest BCUT2D eigenvalue weighted by Crippen LogP contribution is -2.47. The van der Waals surface area contributed by atoms with Crippen molar-refractivity contribution < 1.29 is 19.1 Å². The number of piperazine rings is 1. The number of primary amides is 1. The molecule has 1 aliphatic carbocycles. The number of amides is 1. The summed E-state index contributed by atoms with van der Waals surface area (Å²) < 4.78 is 4.95. The Morgan fingerprint density at radius 3 is 2.82 bits per heavy atom. The summed E-state index contributed by atoms with van der Waals surface area (Å²) in [6, 6.07) is 0.131. The molecule has 2 N–H and O–H groups in total. The highest BCUT2D eigenvalue weighted by Gasteiger charge is 2.63. The summed E-state index contributed by atoms with van der Waals surface area (Å²) in [6.45, 7) is 2.40. The van der Waals surface area contributed by atoms with Crippen LogP contribution in [-0.2, 0) is 14.3 Å². The Labute approximate surface area is 127 Å². The first kappa shape index (κ1) is 13.5. The lowest BCUT2D eigenvalue weighted by atomic mass is 9.80. The van der Waals surface area contributed by atoms with E-state index in [0.29, 0.717) is 11.6 Å². The van der Waals surface area contributed by atoms with E-state index in [9.17, 15) is 14.4 Å². The van der Waals surface area contributed by atoms with Crippen LogP contribution in [0.25, 0.3) is 0 Å². The first-order chi connectivity index (χ1) is 10.4. The van der Waals surface area contributed by atoms with Crippen molar-refractivity contribution in [3.63, 3.8) is 0 Å². The summed E-state index contributed by atoms with van der Waals surface area (Å²) in [7, 11) is 2.02. The smallest absolute Gasteiger partial charge is 0.404 e. The van der Waals surface area contributed by atoms with Gasteiger partial charge in [0.05, 0.1) is 12.0 Å². The predicted octanol–water partition coefficient (Wildman–Crippen LogP) is -0.569. The van der Waals surface area contributed by atoms with E-state index >= 15 is 0 Å². The number of fused-ring (bicyclic) bond motifs is 5. The van der Waals surface area contributed by atoms with Crippen molar-refractivity contribution in [2.45, 2.75) is 25.0 Å². The highest BCUT2D eigenvalue weighted by Crippen LogP contribution is 2.51. The number of carbonyl (C=O) groups is 3. The zero-order chi connectivity index (χ0) is 15.8. The molecule has 0 aromatic heterocycles. The molecule has 7 nitrogen and oxygen atoms in total. The second-order valence-corrected chi connectivity index (χ2v) is 6.36. The molecule has 3 aliphatic heterocycles. The topological polar surface area (TPSA) is 92.7 Å². The number of Topliss-reactive ketones (excluding diaryl/α,β-unsaturated/α-hetero) is 1. The zero-order valence-corrected chi connectivity index (χ0v) is 12.4. The summed E-state index contributed by atoms with van der Waals surface area (Å²) in [5.41, 5.74) is 7.28. The molecule has 7 heteroatoms. The molecule has 3 heterocycles. The third-order valence-corrected chi connectivity index (χ3v) is 5.26. The van der Waals surface area contributed by atoms with Gasteiger partial charge in [-0.3, -0.25) is 14.5 Å². The molecule has 3 unspecified atom stereocenters. The average molecular weight is 303 g/mol. The van der Waals surface area contributed by atoms with E-state index < -0.39 is 18.1 Å². The Balaban J connectivity index is 1.77. The van der Waals surface area contributed by atoms with E-state index in [2.05, 4.69) is 4.90 Å². The standard InChI is InChI=1S/C15H17N3O4/c1-6-3-9(19)10-7(5-22-15(16)21)11-12-8(17(12)2)4-18(11)13(10)14(6)20/h3,8,10,12-13H,4-5H2,1-2H3,(H2,16,21)/t8-,10?,12-,13?,17?/m0/s1. The molecular weight excluding hydrogens is 286 g/mol. The van der Waals surface area contributed by atoms with Crippen LogP contribution in [0.3, 0.4) is 0 Å². The van der Waals surface area contributed by atoms with Gasteiger partial charge in [0, 0.05) is 23.9 Å². The van der Waals surface area contributed by atoms with Gasteiger partial charge in [0.1, 0.15) is 12.6 Å². The minimum atomic E-state index is -0.872. The minimum Gasteiger partial charge on any atom is -0.445 e. The normalized spacial score (nSPS) is 38.5. The average Bonchev–Trinajstić information content (AvgIpc) is 2.83. The van der Waals surface area contributed by atoms with Crippen molar-refractivity contribution in [1.82, 2.24) is 9.80 Å². The van der Waals surface area contributed by atoms with Crippen LogP contribution in [0.1, 0.15) is 6.92 Å². The van der Waals surface area contributed by atoms with Gasteiger partial charge < -0.3 is 15.4 Å². The number of nitrogens with two attached hydrogens (primary N) is 1. The largest absolute Gasteiger partial charge is 0.445 e. The van der Waals surface area contributed by atoms with Gasteiger partial charge in [-0.15, -0.1) is 0 Å². The molecule has 4 aliphatic rings. The molecule has 116 valence electrons. The maximum Gasteiger partial charge on any atom is 0.404 e. The molecule has 2 fully saturated rings. The van der Waals surface area contributed by atoms with Crippen molar-refractivity contribution in [2.24, 2.45) is 11.7 Å². The van der Waals surface area contributed by atoms with Crippen molar-refractivity contribution >= 4 is 17.7 Å². The van der Waals surface area contributed by atoms with E-state index in [0.717, 1.165) is 17.8 Å². The molecule has 5 atom stereocenters. The van der Waals surface area contributed by atoms with Crippen molar-refractivity contribution in [3.05, 3.63) is 22.9 Å². The van der Waals surface area contributed by atoms with Crippen LogP contribution < -0.4 is 5.73 Å². The van der Waals surface area contributed by atoms with Gasteiger partial charge in [-0.2, -0.15) is 0 Å². The first-order valence-electron chi connectivity index (χ1n) is 7.32. The molecule has 0 aromatic rings. The quantitative estimate of drug-likeness (QED) is 0.687. The van der Waals surface area contributed by atoms with Crippen LogP contribution >= 0.6 is 0 Å². The third-order valence-electron chi connectivity index (χ3n) is 5.26. The van der Waals surface area contributed by atoms with Gasteiger partial charge in [-0.25, -0.2) is 4.79 Å². The lowest BCUT2D eigenvalue weighted by molar-refractivity contribution is -0.128. The fourth-order valence-corrected chi connectivity index (χ4v) is 4.18. The Bertz CT molecular complexity index is 680. The molecule has 0 radical (unpaired) electrons. The highest BCUT2D eigenvalue weighted by molar-refractivity contribution is 6.14. The molecule has 0 bridgehead atoms. The number of hydrogen-bond acceptors (Lipinski definition) is 6. The summed E-state index contributed by atoms with van der Waals surface area (Å²) in [6.07, 6.45) is 0.535. The minimum absolute atomic E-state index is 0.0138. The second-order valence-electron chi connectivity index (χ2n) is 6.36. The first-order valence-corrected chi connectivity index (χ1v) is 7.32. The van der Waals surface area contributed by atoms with Crippen molar-refractivity contribution in [2.75, 3.05) is 20.2 Å². The maximum absolute atomic E-state index is 12.5. The van der Waals surface area contributed by atoms with Gasteiger partial charge in [0.25, 0.3) is 0 Å². The number of rotatable bonds is 2. The predicted molar refractivity (Wildman–Crippen MR) is 75.7 cm³/mol. The van der Waals surface area contributed by atoms with Crippen LogP contribution in [0.5, 0.6) is 0 Å². The fourth-order valence-electron chi connectivity index (χ4n) is 4.18. The molecule has 4 rings (SSSR count). The zero-order valence-electron chi connectivity index (χ0n) is 12.4. The molecule has 22 heavy (non-hydrogen) atoms. The number of ketones is 2. The summed E-state index contributed by atoms with van der Waals surface area (Å²) in [5.74, 6) is -0.646. The summed E-state index contributed by atoms with van der Waals surface area (Å²) in [4.78, 5) is 40.2. The van der Waals surface area contributed by atoms with Crippen LogP contribution in [0.15, 0.2) is 22.9 Å². The molecule has 0 aromatic carbocycles. The number of likely N-dealkylation sites (N-methyl/N-ethyl adjacent to an activating group) is 1. The molecule has 0 saturated carbocycles. The molecule has 0 spiro atoms. The van der Waals surface area contributed by atoms with Crippen LogP contribution in [0.2, 0.25) is 0 Å². The monoisotopic (exact) mass is 303 g/mol. The Hall–Kier alpha value is -2.15.